The molecule has 0 atom stereocenters. The highest BCUT2D eigenvalue weighted by atomic mass is 32.1. The zero-order valence-electron chi connectivity index (χ0n) is 16.1. The van der Waals surface area contributed by atoms with E-state index in [9.17, 15) is 9.59 Å². The first-order chi connectivity index (χ1) is 12.5. The summed E-state index contributed by atoms with van der Waals surface area (Å²) in [5.41, 5.74) is 0.952. The average Bonchev–Trinajstić information content (AvgIpc) is 2.97. The second-order valence-electron chi connectivity index (χ2n) is 7.80. The number of nitrogens with one attached hydrogen (secondary N) is 1. The molecule has 26 heavy (non-hydrogen) atoms. The van der Waals surface area contributed by atoms with Crippen LogP contribution in [0.15, 0.2) is 0 Å². The standard InChI is InChI=1S/C20H31N3O2S/c1-14-15(2)26-20(21-14)22-18(24)13-23(17-11-7-4-8-12-17)19(25)16-9-5-3-6-10-16/h16-17H,3-13H2,1-2H3,(H,21,22,24). The van der Waals surface area contributed by atoms with Crippen molar-refractivity contribution in [2.45, 2.75) is 84.1 Å². The minimum atomic E-state index is -0.117. The van der Waals surface area contributed by atoms with Crippen LogP contribution in [-0.4, -0.2) is 34.3 Å². The summed E-state index contributed by atoms with van der Waals surface area (Å²) in [6.07, 6.45) is 11.1. The number of aromatic nitrogens is 1. The molecule has 0 bridgehead atoms. The van der Waals surface area contributed by atoms with Crippen LogP contribution in [0, 0.1) is 19.8 Å². The molecule has 5 nitrogen and oxygen atoms in total. The fourth-order valence-electron chi connectivity index (χ4n) is 4.20. The SMILES string of the molecule is Cc1nc(NC(=O)CN(C(=O)C2CCCCC2)C2CCCCC2)sc1C. The molecular formula is C20H31N3O2S. The second kappa shape index (κ2) is 8.98. The van der Waals surface area contributed by atoms with Gasteiger partial charge in [-0.15, -0.1) is 11.3 Å². The summed E-state index contributed by atoms with van der Waals surface area (Å²) in [7, 11) is 0. The van der Waals surface area contributed by atoms with Crippen LogP contribution < -0.4 is 5.32 Å². The van der Waals surface area contributed by atoms with Crippen molar-refractivity contribution < 1.29 is 9.59 Å². The average molecular weight is 378 g/mol. The monoisotopic (exact) mass is 377 g/mol. The van der Waals surface area contributed by atoms with Gasteiger partial charge in [0.2, 0.25) is 11.8 Å². The third-order valence-electron chi connectivity index (χ3n) is 5.84. The van der Waals surface area contributed by atoms with Gasteiger partial charge in [0.05, 0.1) is 5.69 Å². The molecule has 0 radical (unpaired) electrons. The van der Waals surface area contributed by atoms with E-state index >= 15 is 0 Å². The van der Waals surface area contributed by atoms with Gasteiger partial charge in [-0.3, -0.25) is 9.59 Å². The van der Waals surface area contributed by atoms with Crippen molar-refractivity contribution in [3.63, 3.8) is 0 Å². The van der Waals surface area contributed by atoms with Crippen LogP contribution in [-0.2, 0) is 9.59 Å². The minimum absolute atomic E-state index is 0.114. The molecule has 2 saturated carbocycles. The van der Waals surface area contributed by atoms with Crippen molar-refractivity contribution in [1.82, 2.24) is 9.88 Å². The first kappa shape index (κ1) is 19.3. The Morgan fingerprint density at radius 3 is 2.23 bits per heavy atom. The summed E-state index contributed by atoms with van der Waals surface area (Å²) in [6.45, 7) is 4.11. The molecule has 1 heterocycles. The maximum absolute atomic E-state index is 13.2. The van der Waals surface area contributed by atoms with Crippen molar-refractivity contribution in [1.29, 1.82) is 0 Å². The Hall–Kier alpha value is -1.43. The highest BCUT2D eigenvalue weighted by Crippen LogP contribution is 2.29. The van der Waals surface area contributed by atoms with Crippen molar-refractivity contribution in [3.8, 4) is 0 Å². The number of hydrogen-bond donors (Lipinski definition) is 1. The van der Waals surface area contributed by atoms with Crippen molar-refractivity contribution in [2.75, 3.05) is 11.9 Å². The van der Waals surface area contributed by atoms with E-state index in [1.807, 2.05) is 18.7 Å². The Morgan fingerprint density at radius 1 is 1.04 bits per heavy atom. The van der Waals surface area contributed by atoms with Gasteiger partial charge in [0.15, 0.2) is 5.13 Å². The van der Waals surface area contributed by atoms with Crippen molar-refractivity contribution in [2.24, 2.45) is 5.92 Å². The Balaban J connectivity index is 1.67. The highest BCUT2D eigenvalue weighted by molar-refractivity contribution is 7.15. The summed E-state index contributed by atoms with van der Waals surface area (Å²) in [5, 5.41) is 3.54. The van der Waals surface area contributed by atoms with E-state index in [1.165, 1.54) is 24.2 Å². The number of carbonyl (C=O) groups is 2. The van der Waals surface area contributed by atoms with E-state index in [4.69, 9.17) is 0 Å². The molecule has 0 unspecified atom stereocenters. The molecule has 1 aromatic heterocycles. The van der Waals surface area contributed by atoms with Gasteiger partial charge in [-0.05, 0) is 39.5 Å². The summed E-state index contributed by atoms with van der Waals surface area (Å²) >= 11 is 1.50. The molecular weight excluding hydrogens is 346 g/mol. The van der Waals surface area contributed by atoms with Crippen LogP contribution in [0.4, 0.5) is 5.13 Å². The number of hydrogen-bond acceptors (Lipinski definition) is 4. The van der Waals surface area contributed by atoms with E-state index in [0.717, 1.165) is 61.9 Å². The Labute approximate surface area is 160 Å². The molecule has 1 aromatic rings. The van der Waals surface area contributed by atoms with Gasteiger partial charge < -0.3 is 10.2 Å². The van der Waals surface area contributed by atoms with Gasteiger partial charge in [0.25, 0.3) is 0 Å². The van der Waals surface area contributed by atoms with Crippen LogP contribution in [0.25, 0.3) is 0 Å². The van der Waals surface area contributed by atoms with E-state index in [0.29, 0.717) is 5.13 Å². The third kappa shape index (κ3) is 4.84. The van der Waals surface area contributed by atoms with Crippen molar-refractivity contribution in [3.05, 3.63) is 10.6 Å². The van der Waals surface area contributed by atoms with Crippen LogP contribution in [0.2, 0.25) is 0 Å². The zero-order valence-corrected chi connectivity index (χ0v) is 16.9. The maximum Gasteiger partial charge on any atom is 0.245 e. The summed E-state index contributed by atoms with van der Waals surface area (Å²) < 4.78 is 0. The molecule has 3 rings (SSSR count). The summed E-state index contributed by atoms with van der Waals surface area (Å²) in [4.78, 5) is 33.2. The van der Waals surface area contributed by atoms with Gasteiger partial charge in [-0.1, -0.05) is 38.5 Å². The lowest BCUT2D eigenvalue weighted by atomic mass is 9.86. The summed E-state index contributed by atoms with van der Waals surface area (Å²) in [6, 6.07) is 0.226. The van der Waals surface area contributed by atoms with Gasteiger partial charge in [-0.2, -0.15) is 0 Å². The predicted octanol–water partition coefficient (Wildman–Crippen LogP) is 4.44. The lowest BCUT2D eigenvalue weighted by molar-refractivity contribution is -0.142. The smallest absolute Gasteiger partial charge is 0.245 e. The first-order valence-corrected chi connectivity index (χ1v) is 10.9. The van der Waals surface area contributed by atoms with Gasteiger partial charge in [0.1, 0.15) is 6.54 Å². The van der Waals surface area contributed by atoms with E-state index in [2.05, 4.69) is 10.3 Å². The first-order valence-electron chi connectivity index (χ1n) is 10.1. The van der Waals surface area contributed by atoms with Gasteiger partial charge >= 0.3 is 0 Å². The number of rotatable bonds is 5. The minimum Gasteiger partial charge on any atom is -0.330 e. The van der Waals surface area contributed by atoms with Crippen LogP contribution in [0.5, 0.6) is 0 Å². The number of nitrogens with zero attached hydrogens (tertiary/aromatic N) is 2. The molecule has 2 aliphatic carbocycles. The number of anilines is 1. The van der Waals surface area contributed by atoms with E-state index < -0.39 is 0 Å². The number of amides is 2. The van der Waals surface area contributed by atoms with E-state index in [1.54, 1.807) is 0 Å². The molecule has 0 spiro atoms. The maximum atomic E-state index is 13.2. The van der Waals surface area contributed by atoms with Crippen molar-refractivity contribution >= 4 is 28.3 Å². The fraction of sp³-hybridized carbons (Fsp3) is 0.750. The van der Waals surface area contributed by atoms with Gasteiger partial charge in [-0.25, -0.2) is 4.98 Å². The molecule has 144 valence electrons. The lowest BCUT2D eigenvalue weighted by Crippen LogP contribution is -2.48. The largest absolute Gasteiger partial charge is 0.330 e. The van der Waals surface area contributed by atoms with Crippen LogP contribution in [0.1, 0.15) is 74.8 Å². The molecule has 0 aliphatic heterocycles. The van der Waals surface area contributed by atoms with Gasteiger partial charge in [0, 0.05) is 16.8 Å². The topological polar surface area (TPSA) is 62.3 Å². The van der Waals surface area contributed by atoms with Crippen LogP contribution >= 0.6 is 11.3 Å². The Kier molecular flexibility index (Phi) is 6.68. The molecule has 0 aromatic carbocycles. The molecule has 2 aliphatic rings. The highest BCUT2D eigenvalue weighted by Gasteiger charge is 2.32. The fourth-order valence-corrected chi connectivity index (χ4v) is 5.03. The third-order valence-corrected chi connectivity index (χ3v) is 6.83. The number of aryl methyl sites for hydroxylation is 2. The molecule has 0 saturated heterocycles. The summed E-state index contributed by atoms with van der Waals surface area (Å²) in [5.74, 6) is 0.203. The molecule has 2 amide bonds. The Bertz CT molecular complexity index is 612. The second-order valence-corrected chi connectivity index (χ2v) is 9.00. The molecule has 1 N–H and O–H groups in total. The molecule has 6 heteroatoms. The lowest BCUT2D eigenvalue weighted by Gasteiger charge is -2.37. The predicted molar refractivity (Wildman–Crippen MR) is 105 cm³/mol. The van der Waals surface area contributed by atoms with Crippen LogP contribution in [0.3, 0.4) is 0 Å². The number of carbonyl (C=O) groups excluding carboxylic acids is 2. The zero-order chi connectivity index (χ0) is 18.5. The Morgan fingerprint density at radius 2 is 1.65 bits per heavy atom. The number of thiazole rings is 1. The quantitative estimate of drug-likeness (QED) is 0.825. The van der Waals surface area contributed by atoms with E-state index in [-0.39, 0.29) is 30.3 Å². The normalized spacial score (nSPS) is 19.3. The molecule has 2 fully saturated rings.